The summed E-state index contributed by atoms with van der Waals surface area (Å²) in [5.41, 5.74) is 0.851. The Morgan fingerprint density at radius 1 is 1.25 bits per heavy atom. The molecule has 1 aromatic heterocycles. The van der Waals surface area contributed by atoms with Crippen molar-refractivity contribution >= 4 is 5.91 Å². The lowest BCUT2D eigenvalue weighted by atomic mass is 9.92. The molecule has 6 nitrogen and oxygen atoms in total. The molecule has 1 saturated heterocycles. The third-order valence-electron chi connectivity index (χ3n) is 4.22. The lowest BCUT2D eigenvalue weighted by molar-refractivity contribution is -0.136. The summed E-state index contributed by atoms with van der Waals surface area (Å²) in [6, 6.07) is 7.34. The fourth-order valence-electron chi connectivity index (χ4n) is 3.22. The van der Waals surface area contributed by atoms with E-state index in [0.29, 0.717) is 29.3 Å². The van der Waals surface area contributed by atoms with Gasteiger partial charge in [-0.1, -0.05) is 19.0 Å². The number of hydrogen-bond donors (Lipinski definition) is 0. The maximum Gasteiger partial charge on any atom is 0.260 e. The van der Waals surface area contributed by atoms with Crippen LogP contribution in [0.3, 0.4) is 0 Å². The smallest absolute Gasteiger partial charge is 0.260 e. The molecule has 1 aliphatic heterocycles. The van der Waals surface area contributed by atoms with E-state index in [-0.39, 0.29) is 12.5 Å². The summed E-state index contributed by atoms with van der Waals surface area (Å²) >= 11 is 0. The van der Waals surface area contributed by atoms with Gasteiger partial charge >= 0.3 is 0 Å². The molecule has 0 radical (unpaired) electrons. The van der Waals surface area contributed by atoms with Crippen LogP contribution in [0.4, 0.5) is 0 Å². The van der Waals surface area contributed by atoms with E-state index < -0.39 is 0 Å². The highest BCUT2D eigenvalue weighted by atomic mass is 16.5. The Hall–Kier alpha value is -2.37. The number of carbonyl (C=O) groups is 1. The summed E-state index contributed by atoms with van der Waals surface area (Å²) in [5.74, 6) is 2.88. The van der Waals surface area contributed by atoms with E-state index in [4.69, 9.17) is 9.26 Å². The third kappa shape index (κ3) is 3.93. The highest BCUT2D eigenvalue weighted by Gasteiger charge is 2.25. The van der Waals surface area contributed by atoms with Crippen molar-refractivity contribution in [2.24, 2.45) is 11.8 Å². The molecule has 1 aromatic carbocycles. The van der Waals surface area contributed by atoms with E-state index in [1.165, 1.54) is 6.42 Å². The fraction of sp³-hybridized carbons (Fsp3) is 0.500. The number of carbonyl (C=O) groups excluding carboxylic acids is 1. The number of hydrogen-bond acceptors (Lipinski definition) is 5. The molecule has 3 rings (SSSR count). The molecule has 2 heterocycles. The Labute approximate surface area is 141 Å². The van der Waals surface area contributed by atoms with Gasteiger partial charge in [-0.3, -0.25) is 4.79 Å². The average molecular weight is 329 g/mol. The molecule has 0 N–H and O–H groups in total. The van der Waals surface area contributed by atoms with E-state index in [2.05, 4.69) is 24.0 Å². The van der Waals surface area contributed by atoms with E-state index >= 15 is 0 Å². The Bertz CT molecular complexity index is 686. The predicted octanol–water partition coefficient (Wildman–Crippen LogP) is 2.93. The Morgan fingerprint density at radius 2 is 1.92 bits per heavy atom. The van der Waals surface area contributed by atoms with E-state index in [1.54, 1.807) is 6.92 Å². The van der Waals surface area contributed by atoms with Crippen molar-refractivity contribution in [3.63, 3.8) is 0 Å². The van der Waals surface area contributed by atoms with Gasteiger partial charge in [0.25, 0.3) is 5.91 Å². The van der Waals surface area contributed by atoms with Crippen LogP contribution in [-0.4, -0.2) is 40.6 Å². The summed E-state index contributed by atoms with van der Waals surface area (Å²) < 4.78 is 10.6. The number of aromatic nitrogens is 2. The highest BCUT2D eigenvalue weighted by molar-refractivity contribution is 5.78. The van der Waals surface area contributed by atoms with Crippen LogP contribution >= 0.6 is 0 Å². The van der Waals surface area contributed by atoms with Gasteiger partial charge in [0.2, 0.25) is 11.7 Å². The minimum Gasteiger partial charge on any atom is -0.484 e. The summed E-state index contributed by atoms with van der Waals surface area (Å²) in [6.07, 6.45) is 1.18. The van der Waals surface area contributed by atoms with Crippen LogP contribution < -0.4 is 4.74 Å². The minimum absolute atomic E-state index is 0.0475. The molecule has 1 aliphatic rings. The van der Waals surface area contributed by atoms with Crippen molar-refractivity contribution in [2.75, 3.05) is 19.7 Å². The van der Waals surface area contributed by atoms with Gasteiger partial charge in [0.15, 0.2) is 6.61 Å². The number of ether oxygens (including phenoxy) is 1. The maximum absolute atomic E-state index is 12.3. The zero-order valence-electron chi connectivity index (χ0n) is 14.4. The lowest BCUT2D eigenvalue weighted by Crippen LogP contribution is -2.44. The van der Waals surface area contributed by atoms with Crippen molar-refractivity contribution < 1.29 is 14.1 Å². The summed E-state index contributed by atoms with van der Waals surface area (Å²) in [7, 11) is 0. The Kier molecular flexibility index (Phi) is 4.83. The number of likely N-dealkylation sites (tertiary alicyclic amines) is 1. The molecule has 1 amide bonds. The third-order valence-corrected chi connectivity index (χ3v) is 4.22. The number of benzene rings is 1. The molecule has 0 aliphatic carbocycles. The standard InChI is InChI=1S/C18H23N3O3/c1-12-8-13(2)10-21(9-12)17(22)11-23-16-6-4-15(5-7-16)18-19-14(3)24-20-18/h4-7,12-13H,8-11H2,1-3H3. The number of aryl methyl sites for hydroxylation is 1. The molecule has 24 heavy (non-hydrogen) atoms. The van der Waals surface area contributed by atoms with Crippen LogP contribution in [0.5, 0.6) is 5.75 Å². The van der Waals surface area contributed by atoms with Crippen LogP contribution in [-0.2, 0) is 4.79 Å². The van der Waals surface area contributed by atoms with Gasteiger partial charge < -0.3 is 14.2 Å². The quantitative estimate of drug-likeness (QED) is 0.862. The first-order valence-electron chi connectivity index (χ1n) is 8.32. The molecule has 2 unspecified atom stereocenters. The van der Waals surface area contributed by atoms with Crippen LogP contribution in [0.25, 0.3) is 11.4 Å². The van der Waals surface area contributed by atoms with Crippen LogP contribution in [0.15, 0.2) is 28.8 Å². The first-order chi connectivity index (χ1) is 11.5. The lowest BCUT2D eigenvalue weighted by Gasteiger charge is -2.34. The van der Waals surface area contributed by atoms with E-state index in [9.17, 15) is 4.79 Å². The number of nitrogens with zero attached hydrogens (tertiary/aromatic N) is 3. The predicted molar refractivity (Wildman–Crippen MR) is 89.5 cm³/mol. The van der Waals surface area contributed by atoms with Gasteiger partial charge in [-0.05, 0) is 42.5 Å². The van der Waals surface area contributed by atoms with Crippen molar-refractivity contribution in [2.45, 2.75) is 27.2 Å². The zero-order chi connectivity index (χ0) is 17.1. The number of amides is 1. The molecule has 128 valence electrons. The zero-order valence-corrected chi connectivity index (χ0v) is 14.4. The van der Waals surface area contributed by atoms with Gasteiger partial charge in [0.1, 0.15) is 5.75 Å². The van der Waals surface area contributed by atoms with Crippen molar-refractivity contribution in [3.8, 4) is 17.1 Å². The molecule has 6 heteroatoms. The molecule has 2 aromatic rings. The molecular weight excluding hydrogens is 306 g/mol. The van der Waals surface area contributed by atoms with E-state index in [1.807, 2.05) is 29.2 Å². The second-order valence-electron chi connectivity index (χ2n) is 6.69. The van der Waals surface area contributed by atoms with Gasteiger partial charge in [0.05, 0.1) is 0 Å². The molecule has 0 spiro atoms. The SMILES string of the molecule is Cc1nc(-c2ccc(OCC(=O)N3CC(C)CC(C)C3)cc2)no1. The Morgan fingerprint density at radius 3 is 2.50 bits per heavy atom. The molecular formula is C18H23N3O3. The van der Waals surface area contributed by atoms with Gasteiger partial charge in [-0.15, -0.1) is 0 Å². The fourth-order valence-corrected chi connectivity index (χ4v) is 3.22. The maximum atomic E-state index is 12.3. The van der Waals surface area contributed by atoms with Crippen LogP contribution in [0.1, 0.15) is 26.2 Å². The van der Waals surface area contributed by atoms with Crippen LogP contribution in [0, 0.1) is 18.8 Å². The normalized spacial score (nSPS) is 20.9. The number of piperidine rings is 1. The molecule has 2 atom stereocenters. The van der Waals surface area contributed by atoms with Gasteiger partial charge in [-0.2, -0.15) is 4.98 Å². The Balaban J connectivity index is 1.55. The van der Waals surface area contributed by atoms with Gasteiger partial charge in [0, 0.05) is 25.6 Å². The largest absolute Gasteiger partial charge is 0.484 e. The monoisotopic (exact) mass is 329 g/mol. The second kappa shape index (κ2) is 7.03. The van der Waals surface area contributed by atoms with Crippen LogP contribution in [0.2, 0.25) is 0 Å². The summed E-state index contributed by atoms with van der Waals surface area (Å²) in [4.78, 5) is 18.4. The highest BCUT2D eigenvalue weighted by Crippen LogP contribution is 2.22. The van der Waals surface area contributed by atoms with Gasteiger partial charge in [-0.25, -0.2) is 0 Å². The first kappa shape index (κ1) is 16.5. The summed E-state index contributed by atoms with van der Waals surface area (Å²) in [5, 5.41) is 3.88. The second-order valence-corrected chi connectivity index (χ2v) is 6.69. The number of rotatable bonds is 4. The van der Waals surface area contributed by atoms with E-state index in [0.717, 1.165) is 18.7 Å². The van der Waals surface area contributed by atoms with Crippen molar-refractivity contribution in [3.05, 3.63) is 30.2 Å². The minimum atomic E-state index is 0.0475. The average Bonchev–Trinajstić information content (AvgIpc) is 2.98. The van der Waals surface area contributed by atoms with Crippen molar-refractivity contribution in [1.82, 2.24) is 15.0 Å². The molecule has 0 bridgehead atoms. The first-order valence-corrected chi connectivity index (χ1v) is 8.32. The summed E-state index contributed by atoms with van der Waals surface area (Å²) in [6.45, 7) is 7.84. The molecule has 1 fully saturated rings. The topological polar surface area (TPSA) is 68.5 Å². The van der Waals surface area contributed by atoms with Crippen molar-refractivity contribution in [1.29, 1.82) is 0 Å². The molecule has 0 saturated carbocycles.